The molecular formula is C55H97NO13. The van der Waals surface area contributed by atoms with E-state index in [1.165, 1.54) is 89.9 Å². The average Bonchev–Trinajstić information content (AvgIpc) is 3.35. The summed E-state index contributed by atoms with van der Waals surface area (Å²) in [6.45, 7) is 2.66. The molecule has 14 nitrogen and oxygen atoms in total. The molecule has 0 aromatic rings. The van der Waals surface area contributed by atoms with E-state index in [4.69, 9.17) is 18.9 Å². The molecule has 12 atom stereocenters. The van der Waals surface area contributed by atoms with Crippen molar-refractivity contribution < 1.29 is 64.6 Å². The van der Waals surface area contributed by atoms with Gasteiger partial charge in [0.05, 0.1) is 32.0 Å². The van der Waals surface area contributed by atoms with Gasteiger partial charge in [0.15, 0.2) is 12.6 Å². The minimum atomic E-state index is -1.79. The first kappa shape index (κ1) is 62.8. The van der Waals surface area contributed by atoms with E-state index in [1.807, 2.05) is 6.08 Å². The molecule has 2 heterocycles. The summed E-state index contributed by atoms with van der Waals surface area (Å²) in [5.41, 5.74) is 0. The first-order chi connectivity index (χ1) is 33.6. The number of nitrogens with one attached hydrogen (secondary N) is 1. The minimum absolute atomic E-state index is 0.251. The highest BCUT2D eigenvalue weighted by Gasteiger charge is 2.51. The van der Waals surface area contributed by atoms with Gasteiger partial charge in [0.2, 0.25) is 5.91 Å². The first-order valence-corrected chi connectivity index (χ1v) is 27.0. The zero-order valence-electron chi connectivity index (χ0n) is 42.5. The molecule has 2 fully saturated rings. The smallest absolute Gasteiger partial charge is 0.220 e. The maximum absolute atomic E-state index is 13.2. The number of aliphatic hydroxyl groups is 8. The van der Waals surface area contributed by atoms with E-state index in [-0.39, 0.29) is 18.9 Å². The third kappa shape index (κ3) is 27.9. The molecule has 69 heavy (non-hydrogen) atoms. The number of allylic oxidation sites excluding steroid dienone is 9. The Morgan fingerprint density at radius 1 is 0.536 bits per heavy atom. The van der Waals surface area contributed by atoms with Crippen molar-refractivity contribution in [3.63, 3.8) is 0 Å². The Morgan fingerprint density at radius 2 is 1.00 bits per heavy atom. The molecule has 2 saturated heterocycles. The van der Waals surface area contributed by atoms with Crippen LogP contribution >= 0.6 is 0 Å². The first-order valence-electron chi connectivity index (χ1n) is 27.0. The standard InChI is InChI=1S/C55H97NO13/c1-3-5-7-9-11-13-15-17-19-20-21-22-23-24-25-27-29-31-33-35-37-39-47(60)56-43(44(59)38-36-34-32-30-28-26-18-16-14-12-10-8-6-4-2)42-66-54-52(65)50(63)53(46(41-58)68-54)69-55-51(64)49(62)48(61)45(40-57)67-55/h5,7,11,13,17,19,21-22,36,38,43-46,48-55,57-59,61-65H,3-4,6,8-10,12,14-16,18,20,23-35,37,39-42H2,1-2H3,(H,56,60)/b7-5-,13-11-,19-17-,22-21-,38-36+. The molecule has 400 valence electrons. The normalized spacial score (nSPS) is 26.6. The molecule has 0 aromatic carbocycles. The summed E-state index contributed by atoms with van der Waals surface area (Å²) >= 11 is 0. The van der Waals surface area contributed by atoms with Gasteiger partial charge in [0.25, 0.3) is 0 Å². The van der Waals surface area contributed by atoms with Crippen LogP contribution in [0.25, 0.3) is 0 Å². The van der Waals surface area contributed by atoms with E-state index in [2.05, 4.69) is 67.8 Å². The van der Waals surface area contributed by atoms with Gasteiger partial charge in [0, 0.05) is 6.42 Å². The highest BCUT2D eigenvalue weighted by atomic mass is 16.7. The van der Waals surface area contributed by atoms with E-state index < -0.39 is 86.8 Å². The number of hydrogen-bond donors (Lipinski definition) is 9. The molecule has 1 amide bonds. The Bertz CT molecular complexity index is 1390. The minimum Gasteiger partial charge on any atom is -0.394 e. The summed E-state index contributed by atoms with van der Waals surface area (Å²) in [6, 6.07) is -0.920. The Balaban J connectivity index is 1.81. The van der Waals surface area contributed by atoms with Crippen LogP contribution in [-0.2, 0) is 23.7 Å². The largest absolute Gasteiger partial charge is 0.394 e. The molecular weight excluding hydrogens is 883 g/mol. The molecule has 0 spiro atoms. The van der Waals surface area contributed by atoms with Gasteiger partial charge in [-0.15, -0.1) is 0 Å². The zero-order chi connectivity index (χ0) is 50.3. The molecule has 0 aromatic heterocycles. The second-order valence-corrected chi connectivity index (χ2v) is 19.0. The second kappa shape index (κ2) is 41.2. The molecule has 12 unspecified atom stereocenters. The van der Waals surface area contributed by atoms with Gasteiger partial charge in [-0.2, -0.15) is 0 Å². The lowest BCUT2D eigenvalue weighted by Crippen LogP contribution is -2.65. The number of unbranched alkanes of at least 4 members (excludes halogenated alkanes) is 20. The number of carbonyl (C=O) groups excluding carboxylic acids is 1. The molecule has 0 aliphatic carbocycles. The quantitative estimate of drug-likeness (QED) is 0.0211. The van der Waals surface area contributed by atoms with Crippen LogP contribution in [0, 0.1) is 0 Å². The van der Waals surface area contributed by atoms with Crippen molar-refractivity contribution in [3.8, 4) is 0 Å². The van der Waals surface area contributed by atoms with Crippen LogP contribution in [0.4, 0.5) is 0 Å². The van der Waals surface area contributed by atoms with Crippen LogP contribution in [0.5, 0.6) is 0 Å². The fourth-order valence-electron chi connectivity index (χ4n) is 8.58. The third-order valence-electron chi connectivity index (χ3n) is 13.0. The molecule has 2 rings (SSSR count). The summed E-state index contributed by atoms with van der Waals surface area (Å²) in [7, 11) is 0. The lowest BCUT2D eigenvalue weighted by atomic mass is 9.97. The second-order valence-electron chi connectivity index (χ2n) is 19.0. The van der Waals surface area contributed by atoms with Crippen molar-refractivity contribution in [2.45, 2.75) is 261 Å². The highest BCUT2D eigenvalue weighted by molar-refractivity contribution is 5.76. The summed E-state index contributed by atoms with van der Waals surface area (Å²) in [6.07, 6.45) is 33.9. The van der Waals surface area contributed by atoms with Gasteiger partial charge >= 0.3 is 0 Å². The summed E-state index contributed by atoms with van der Waals surface area (Å²) in [5, 5.41) is 86.9. The SMILES string of the molecule is CC/C=C\C/C=C\C/C=C\C/C=C\CCCCCCCCCCC(=O)NC(COC1OC(CO)C(OC2OC(CO)C(O)C(O)C2O)C(O)C1O)C(O)/C=C/CCCCCCCCCCCCCC. The zero-order valence-corrected chi connectivity index (χ0v) is 42.5. The number of carbonyl (C=O) groups is 1. The van der Waals surface area contributed by atoms with E-state index in [0.29, 0.717) is 6.42 Å². The molecule has 14 heteroatoms. The van der Waals surface area contributed by atoms with Gasteiger partial charge < -0.3 is 65.1 Å². The maximum atomic E-state index is 13.2. The van der Waals surface area contributed by atoms with Crippen LogP contribution in [0.3, 0.4) is 0 Å². The van der Waals surface area contributed by atoms with Crippen LogP contribution in [0.15, 0.2) is 60.8 Å². The fourth-order valence-corrected chi connectivity index (χ4v) is 8.58. The summed E-state index contributed by atoms with van der Waals surface area (Å²) < 4.78 is 22.7. The molecule has 2 aliphatic rings. The summed E-state index contributed by atoms with van der Waals surface area (Å²) in [4.78, 5) is 13.2. The predicted octanol–water partition coefficient (Wildman–Crippen LogP) is 7.83. The lowest BCUT2D eigenvalue weighted by molar-refractivity contribution is -0.359. The Morgan fingerprint density at radius 3 is 1.54 bits per heavy atom. The van der Waals surface area contributed by atoms with Crippen molar-refractivity contribution in [1.82, 2.24) is 5.32 Å². The van der Waals surface area contributed by atoms with Gasteiger partial charge in [-0.25, -0.2) is 0 Å². The van der Waals surface area contributed by atoms with Gasteiger partial charge in [-0.05, 0) is 57.8 Å². The third-order valence-corrected chi connectivity index (χ3v) is 13.0. The number of rotatable bonds is 41. The Hall–Kier alpha value is -2.31. The summed E-state index contributed by atoms with van der Waals surface area (Å²) in [5.74, 6) is -0.251. The number of aliphatic hydroxyl groups excluding tert-OH is 8. The predicted molar refractivity (Wildman–Crippen MR) is 272 cm³/mol. The van der Waals surface area contributed by atoms with E-state index in [9.17, 15) is 45.6 Å². The molecule has 0 saturated carbocycles. The lowest BCUT2D eigenvalue weighted by Gasteiger charge is -2.46. The van der Waals surface area contributed by atoms with Gasteiger partial charge in [-0.3, -0.25) is 4.79 Å². The number of ether oxygens (including phenoxy) is 4. The van der Waals surface area contributed by atoms with Crippen LogP contribution in [0.1, 0.15) is 187 Å². The van der Waals surface area contributed by atoms with Gasteiger partial charge in [-0.1, -0.05) is 184 Å². The monoisotopic (exact) mass is 980 g/mol. The Labute approximate surface area is 416 Å². The van der Waals surface area contributed by atoms with Gasteiger partial charge in [0.1, 0.15) is 48.8 Å². The molecule has 2 aliphatic heterocycles. The van der Waals surface area contributed by atoms with E-state index in [1.54, 1.807) is 6.08 Å². The van der Waals surface area contributed by atoms with Crippen molar-refractivity contribution in [1.29, 1.82) is 0 Å². The average molecular weight is 980 g/mol. The van der Waals surface area contributed by atoms with Crippen molar-refractivity contribution in [2.75, 3.05) is 19.8 Å². The fraction of sp³-hybridized carbons (Fsp3) is 0.800. The number of hydrogen-bond acceptors (Lipinski definition) is 13. The topological polar surface area (TPSA) is 228 Å². The Kier molecular flexibility index (Phi) is 37.5. The molecule has 0 radical (unpaired) electrons. The maximum Gasteiger partial charge on any atom is 0.220 e. The van der Waals surface area contributed by atoms with Crippen LogP contribution in [-0.4, -0.2) is 140 Å². The van der Waals surface area contributed by atoms with Crippen LogP contribution in [0.2, 0.25) is 0 Å². The highest BCUT2D eigenvalue weighted by Crippen LogP contribution is 2.30. The van der Waals surface area contributed by atoms with E-state index in [0.717, 1.165) is 70.6 Å². The van der Waals surface area contributed by atoms with Crippen molar-refractivity contribution in [3.05, 3.63) is 60.8 Å². The van der Waals surface area contributed by atoms with Crippen molar-refractivity contribution >= 4 is 5.91 Å². The molecule has 9 N–H and O–H groups in total. The number of amides is 1. The molecule has 0 bridgehead atoms. The van der Waals surface area contributed by atoms with E-state index >= 15 is 0 Å². The van der Waals surface area contributed by atoms with Crippen molar-refractivity contribution in [2.24, 2.45) is 0 Å². The van der Waals surface area contributed by atoms with Crippen LogP contribution < -0.4 is 5.32 Å².